The lowest BCUT2D eigenvalue weighted by Gasteiger charge is -2.16. The molecule has 0 aliphatic heterocycles. The molecule has 2 aromatic carbocycles. The van der Waals surface area contributed by atoms with Gasteiger partial charge < -0.3 is 10.5 Å². The van der Waals surface area contributed by atoms with Gasteiger partial charge >= 0.3 is 0 Å². The molecule has 2 nitrogen and oxygen atoms in total. The van der Waals surface area contributed by atoms with Gasteiger partial charge in [0.05, 0.1) is 5.56 Å². The standard InChI is InChI=1S/C17H18FNOS/c1-10(2)12-8-7-11(3)9-15(12)20-14-6-4-5-13(18)16(14)17(19)21/h4-10H,1-3H3,(H2,19,21). The zero-order chi connectivity index (χ0) is 15.6. The molecule has 0 amide bonds. The van der Waals surface area contributed by atoms with E-state index in [-0.39, 0.29) is 10.6 Å². The molecule has 2 aromatic rings. The largest absolute Gasteiger partial charge is 0.456 e. The topological polar surface area (TPSA) is 35.2 Å². The van der Waals surface area contributed by atoms with Crippen LogP contribution in [0.5, 0.6) is 11.5 Å². The Kier molecular flexibility index (Phi) is 4.58. The summed E-state index contributed by atoms with van der Waals surface area (Å²) < 4.78 is 19.8. The number of halogens is 1. The van der Waals surface area contributed by atoms with Crippen molar-refractivity contribution in [2.45, 2.75) is 26.7 Å². The summed E-state index contributed by atoms with van der Waals surface area (Å²) in [6, 6.07) is 10.6. The van der Waals surface area contributed by atoms with Crippen LogP contribution in [0.15, 0.2) is 36.4 Å². The molecular weight excluding hydrogens is 285 g/mol. The van der Waals surface area contributed by atoms with Crippen molar-refractivity contribution in [3.63, 3.8) is 0 Å². The van der Waals surface area contributed by atoms with Gasteiger partial charge in [0.15, 0.2) is 0 Å². The maximum atomic E-state index is 13.9. The van der Waals surface area contributed by atoms with Gasteiger partial charge in [-0.25, -0.2) is 4.39 Å². The van der Waals surface area contributed by atoms with Crippen molar-refractivity contribution in [2.24, 2.45) is 5.73 Å². The van der Waals surface area contributed by atoms with Crippen LogP contribution in [-0.4, -0.2) is 4.99 Å². The minimum absolute atomic E-state index is 0.0122. The average Bonchev–Trinajstić information content (AvgIpc) is 2.37. The molecule has 0 unspecified atom stereocenters. The predicted octanol–water partition coefficient (Wildman–Crippen LogP) is 4.68. The van der Waals surface area contributed by atoms with Crippen molar-refractivity contribution in [3.05, 3.63) is 58.9 Å². The second kappa shape index (κ2) is 6.22. The first kappa shape index (κ1) is 15.4. The van der Waals surface area contributed by atoms with Gasteiger partial charge in [0.2, 0.25) is 0 Å². The molecule has 0 saturated carbocycles. The van der Waals surface area contributed by atoms with E-state index in [0.717, 1.165) is 11.1 Å². The van der Waals surface area contributed by atoms with E-state index >= 15 is 0 Å². The second-order valence-electron chi connectivity index (χ2n) is 5.28. The summed E-state index contributed by atoms with van der Waals surface area (Å²) in [5.74, 6) is 0.865. The number of ether oxygens (including phenoxy) is 1. The number of hydrogen-bond acceptors (Lipinski definition) is 2. The number of thiocarbonyl (C=S) groups is 1. The molecule has 0 aliphatic rings. The molecule has 0 aliphatic carbocycles. The van der Waals surface area contributed by atoms with Crippen LogP contribution >= 0.6 is 12.2 Å². The second-order valence-corrected chi connectivity index (χ2v) is 5.72. The normalized spacial score (nSPS) is 10.7. The SMILES string of the molecule is Cc1ccc(C(C)C)c(Oc2cccc(F)c2C(N)=S)c1. The molecule has 4 heteroatoms. The fraction of sp³-hybridized carbons (Fsp3) is 0.235. The Labute approximate surface area is 129 Å². The van der Waals surface area contributed by atoms with Crippen LogP contribution in [0.2, 0.25) is 0 Å². The monoisotopic (exact) mass is 303 g/mol. The van der Waals surface area contributed by atoms with Gasteiger partial charge in [-0.15, -0.1) is 0 Å². The predicted molar refractivity (Wildman–Crippen MR) is 87.6 cm³/mol. The molecule has 0 bridgehead atoms. The van der Waals surface area contributed by atoms with E-state index in [4.69, 9.17) is 22.7 Å². The molecule has 21 heavy (non-hydrogen) atoms. The molecule has 0 fully saturated rings. The van der Waals surface area contributed by atoms with Crippen LogP contribution in [0, 0.1) is 12.7 Å². The molecule has 2 rings (SSSR count). The van der Waals surface area contributed by atoms with Gasteiger partial charge in [0, 0.05) is 0 Å². The third-order valence-electron chi connectivity index (χ3n) is 3.23. The summed E-state index contributed by atoms with van der Waals surface area (Å²) in [6.45, 7) is 6.15. The van der Waals surface area contributed by atoms with Gasteiger partial charge in [0.25, 0.3) is 0 Å². The Bertz CT molecular complexity index is 682. The van der Waals surface area contributed by atoms with Crippen molar-refractivity contribution in [3.8, 4) is 11.5 Å². The van der Waals surface area contributed by atoms with E-state index in [2.05, 4.69) is 13.8 Å². The number of aryl methyl sites for hydroxylation is 1. The van der Waals surface area contributed by atoms with Gasteiger partial charge in [-0.1, -0.05) is 44.3 Å². The third-order valence-corrected chi connectivity index (χ3v) is 3.44. The van der Waals surface area contributed by atoms with Crippen molar-refractivity contribution < 1.29 is 9.13 Å². The van der Waals surface area contributed by atoms with Crippen LogP contribution in [0.3, 0.4) is 0 Å². The van der Waals surface area contributed by atoms with Gasteiger partial charge in [-0.3, -0.25) is 0 Å². The number of rotatable bonds is 4. The van der Waals surface area contributed by atoms with Gasteiger partial charge in [0.1, 0.15) is 22.3 Å². The molecule has 2 N–H and O–H groups in total. The van der Waals surface area contributed by atoms with Crippen LogP contribution in [-0.2, 0) is 0 Å². The van der Waals surface area contributed by atoms with Crippen molar-refractivity contribution >= 4 is 17.2 Å². The third kappa shape index (κ3) is 3.39. The van der Waals surface area contributed by atoms with E-state index in [1.54, 1.807) is 12.1 Å². The molecule has 0 saturated heterocycles. The first-order chi connectivity index (χ1) is 9.90. The summed E-state index contributed by atoms with van der Waals surface area (Å²) in [6.07, 6.45) is 0. The Morgan fingerprint density at radius 1 is 1.19 bits per heavy atom. The highest BCUT2D eigenvalue weighted by Crippen LogP contribution is 2.33. The van der Waals surface area contributed by atoms with Crippen molar-refractivity contribution in [1.29, 1.82) is 0 Å². The Morgan fingerprint density at radius 2 is 1.90 bits per heavy atom. The highest BCUT2D eigenvalue weighted by molar-refractivity contribution is 7.80. The first-order valence-electron chi connectivity index (χ1n) is 6.77. The van der Waals surface area contributed by atoms with E-state index in [0.29, 0.717) is 17.4 Å². The molecule has 0 spiro atoms. The summed E-state index contributed by atoms with van der Waals surface area (Å²) in [4.78, 5) is -0.0122. The van der Waals surface area contributed by atoms with E-state index in [9.17, 15) is 4.39 Å². The fourth-order valence-corrected chi connectivity index (χ4v) is 2.35. The van der Waals surface area contributed by atoms with Gasteiger partial charge in [-0.2, -0.15) is 0 Å². The molecule has 110 valence electrons. The number of hydrogen-bond donors (Lipinski definition) is 1. The summed E-state index contributed by atoms with van der Waals surface area (Å²) in [7, 11) is 0. The maximum absolute atomic E-state index is 13.9. The van der Waals surface area contributed by atoms with Crippen LogP contribution < -0.4 is 10.5 Å². The maximum Gasteiger partial charge on any atom is 0.140 e. The first-order valence-corrected chi connectivity index (χ1v) is 7.17. The average molecular weight is 303 g/mol. The summed E-state index contributed by atoms with van der Waals surface area (Å²) in [5, 5.41) is 0. The van der Waals surface area contributed by atoms with Crippen LogP contribution in [0.4, 0.5) is 4.39 Å². The minimum Gasteiger partial charge on any atom is -0.456 e. The molecule has 0 atom stereocenters. The highest BCUT2D eigenvalue weighted by atomic mass is 32.1. The minimum atomic E-state index is -0.473. The Hall–Kier alpha value is -1.94. The quantitative estimate of drug-likeness (QED) is 0.833. The van der Waals surface area contributed by atoms with E-state index in [1.165, 1.54) is 6.07 Å². The fourth-order valence-electron chi connectivity index (χ4n) is 2.15. The summed E-state index contributed by atoms with van der Waals surface area (Å²) in [5.41, 5.74) is 7.88. The zero-order valence-corrected chi connectivity index (χ0v) is 13.1. The smallest absolute Gasteiger partial charge is 0.140 e. The highest BCUT2D eigenvalue weighted by Gasteiger charge is 2.15. The Balaban J connectivity index is 2.50. The lowest BCUT2D eigenvalue weighted by atomic mass is 10.0. The Morgan fingerprint density at radius 3 is 2.52 bits per heavy atom. The van der Waals surface area contributed by atoms with Crippen molar-refractivity contribution in [1.82, 2.24) is 0 Å². The van der Waals surface area contributed by atoms with Gasteiger partial charge in [-0.05, 0) is 42.2 Å². The molecular formula is C17H18FNOS. The van der Waals surface area contributed by atoms with Crippen LogP contribution in [0.1, 0.15) is 36.5 Å². The lowest BCUT2D eigenvalue weighted by Crippen LogP contribution is -2.13. The number of benzene rings is 2. The zero-order valence-electron chi connectivity index (χ0n) is 12.3. The molecule has 0 radical (unpaired) electrons. The lowest BCUT2D eigenvalue weighted by molar-refractivity contribution is 0.466. The molecule has 0 heterocycles. The van der Waals surface area contributed by atoms with Crippen LogP contribution in [0.25, 0.3) is 0 Å². The van der Waals surface area contributed by atoms with Crippen molar-refractivity contribution in [2.75, 3.05) is 0 Å². The number of nitrogens with two attached hydrogens (primary N) is 1. The molecule has 0 aromatic heterocycles. The van der Waals surface area contributed by atoms with E-state index in [1.807, 2.05) is 25.1 Å². The van der Waals surface area contributed by atoms with E-state index < -0.39 is 5.82 Å². The summed E-state index contributed by atoms with van der Waals surface area (Å²) >= 11 is 4.92.